The van der Waals surface area contributed by atoms with Gasteiger partial charge in [0.25, 0.3) is 5.91 Å². The van der Waals surface area contributed by atoms with Gasteiger partial charge in [-0.3, -0.25) is 14.8 Å². The first-order chi connectivity index (χ1) is 16.4. The fraction of sp³-hybridized carbons (Fsp3) is 0.182. The maximum Gasteiger partial charge on any atom is 0.263 e. The van der Waals surface area contributed by atoms with Gasteiger partial charge in [0.15, 0.2) is 5.65 Å². The van der Waals surface area contributed by atoms with Crippen molar-refractivity contribution in [3.8, 4) is 11.3 Å². The van der Waals surface area contributed by atoms with E-state index in [4.69, 9.17) is 11.6 Å². The van der Waals surface area contributed by atoms with Gasteiger partial charge in [-0.25, -0.2) is 23.6 Å². The summed E-state index contributed by atoms with van der Waals surface area (Å²) in [6, 6.07) is 5.96. The molecule has 172 valence electrons. The van der Waals surface area contributed by atoms with Crippen LogP contribution in [0.2, 0.25) is 5.02 Å². The first-order valence-corrected chi connectivity index (χ1v) is 10.8. The number of aryl methyl sites for hydroxylation is 2. The molecule has 5 aromatic rings. The molecule has 0 fully saturated rings. The Morgan fingerprint density at radius 2 is 2.03 bits per heavy atom. The van der Waals surface area contributed by atoms with Gasteiger partial charge in [0.05, 0.1) is 24.1 Å². The molecule has 0 aliphatic heterocycles. The second-order valence-electron chi connectivity index (χ2n) is 7.56. The lowest BCUT2D eigenvalue weighted by Gasteiger charge is -2.04. The first kappa shape index (κ1) is 21.7. The Labute approximate surface area is 198 Å². The van der Waals surface area contributed by atoms with Gasteiger partial charge in [0.2, 0.25) is 5.95 Å². The molecule has 4 aromatic heterocycles. The minimum absolute atomic E-state index is 0.110. The zero-order valence-electron chi connectivity index (χ0n) is 18.3. The lowest BCUT2D eigenvalue weighted by molar-refractivity contribution is 0.102. The highest BCUT2D eigenvalue weighted by atomic mass is 35.5. The van der Waals surface area contributed by atoms with Crippen molar-refractivity contribution in [2.24, 2.45) is 0 Å². The fourth-order valence-corrected chi connectivity index (χ4v) is 3.84. The van der Waals surface area contributed by atoms with E-state index in [0.717, 1.165) is 23.5 Å². The van der Waals surface area contributed by atoms with E-state index >= 15 is 0 Å². The van der Waals surface area contributed by atoms with Gasteiger partial charge >= 0.3 is 0 Å². The second kappa shape index (κ2) is 8.67. The Bertz CT molecular complexity index is 1520. The molecule has 4 heterocycles. The van der Waals surface area contributed by atoms with Crippen LogP contribution in [0, 0.1) is 12.7 Å². The standard InChI is InChI=1S/C22H19ClFN9O/c1-3-31-11-17(13(2)29-31)19-6-7-25-20-16(9-27-33(19)20)21(34)28-22-26-12-32(30-22)10-14-4-5-15(24)8-18(14)23/h4-9,11-12H,3,10H2,1-2H3,(H,28,30,34). The Hall–Kier alpha value is -4.12. The Morgan fingerprint density at radius 1 is 1.18 bits per heavy atom. The lowest BCUT2D eigenvalue weighted by Crippen LogP contribution is -2.14. The monoisotopic (exact) mass is 479 g/mol. The molecule has 1 aromatic carbocycles. The van der Waals surface area contributed by atoms with Gasteiger partial charge in [-0.1, -0.05) is 17.7 Å². The maximum atomic E-state index is 13.3. The average Bonchev–Trinajstić information content (AvgIpc) is 3.53. The van der Waals surface area contributed by atoms with E-state index in [1.165, 1.54) is 29.3 Å². The summed E-state index contributed by atoms with van der Waals surface area (Å²) in [7, 11) is 0. The van der Waals surface area contributed by atoms with Gasteiger partial charge in [0.1, 0.15) is 17.7 Å². The van der Waals surface area contributed by atoms with Gasteiger partial charge in [-0.05, 0) is 37.6 Å². The van der Waals surface area contributed by atoms with E-state index in [1.54, 1.807) is 16.8 Å². The number of fused-ring (bicyclic) bond motifs is 1. The SMILES string of the molecule is CCn1cc(-c2ccnc3c(C(=O)Nc4ncn(Cc5ccc(F)cc5Cl)n4)cnn23)c(C)n1. The molecule has 1 amide bonds. The molecule has 0 spiro atoms. The predicted molar refractivity (Wildman–Crippen MR) is 123 cm³/mol. The number of halogens is 2. The topological polar surface area (TPSA) is 108 Å². The van der Waals surface area contributed by atoms with E-state index in [1.807, 2.05) is 30.8 Å². The summed E-state index contributed by atoms with van der Waals surface area (Å²) in [4.78, 5) is 21.4. The summed E-state index contributed by atoms with van der Waals surface area (Å²) >= 11 is 6.08. The number of nitrogens with one attached hydrogen (secondary N) is 1. The predicted octanol–water partition coefficient (Wildman–Crippen LogP) is 3.61. The number of nitrogens with zero attached hydrogens (tertiary/aromatic N) is 8. The van der Waals surface area contributed by atoms with Crippen LogP contribution in [0.4, 0.5) is 10.3 Å². The molecule has 10 nitrogen and oxygen atoms in total. The highest BCUT2D eigenvalue weighted by Gasteiger charge is 2.19. The van der Waals surface area contributed by atoms with E-state index in [9.17, 15) is 9.18 Å². The Kier molecular flexibility index (Phi) is 5.54. The highest BCUT2D eigenvalue weighted by Crippen LogP contribution is 2.24. The van der Waals surface area contributed by atoms with Crippen LogP contribution < -0.4 is 5.32 Å². The number of carbonyl (C=O) groups is 1. The minimum Gasteiger partial charge on any atom is -0.289 e. The van der Waals surface area contributed by atoms with Crippen molar-refractivity contribution in [3.05, 3.63) is 76.8 Å². The van der Waals surface area contributed by atoms with Gasteiger partial charge in [-0.2, -0.15) is 10.2 Å². The quantitative estimate of drug-likeness (QED) is 0.398. The smallest absolute Gasteiger partial charge is 0.263 e. The van der Waals surface area contributed by atoms with E-state index in [-0.39, 0.29) is 23.1 Å². The van der Waals surface area contributed by atoms with E-state index in [2.05, 4.69) is 30.6 Å². The third-order valence-corrected chi connectivity index (χ3v) is 5.65. The molecule has 0 unspecified atom stereocenters. The first-order valence-electron chi connectivity index (χ1n) is 10.4. The zero-order chi connectivity index (χ0) is 23.8. The summed E-state index contributed by atoms with van der Waals surface area (Å²) in [6.45, 7) is 4.95. The van der Waals surface area contributed by atoms with Gasteiger partial charge < -0.3 is 0 Å². The maximum absolute atomic E-state index is 13.3. The summed E-state index contributed by atoms with van der Waals surface area (Å²) < 4.78 is 18.2. The molecule has 0 saturated heterocycles. The Balaban J connectivity index is 1.38. The third kappa shape index (κ3) is 4.01. The largest absolute Gasteiger partial charge is 0.289 e. The van der Waals surface area contributed by atoms with Crippen LogP contribution in [0.15, 0.2) is 49.2 Å². The molecule has 0 radical (unpaired) electrons. The Morgan fingerprint density at radius 3 is 2.79 bits per heavy atom. The number of benzene rings is 1. The van der Waals surface area contributed by atoms with Gasteiger partial charge in [0, 0.05) is 29.5 Å². The molecular weight excluding hydrogens is 461 g/mol. The molecule has 0 aliphatic carbocycles. The van der Waals surface area contributed by atoms with Crippen LogP contribution in [0.1, 0.15) is 28.5 Å². The lowest BCUT2D eigenvalue weighted by atomic mass is 10.2. The van der Waals surface area contributed by atoms with Crippen molar-refractivity contribution in [1.29, 1.82) is 0 Å². The van der Waals surface area contributed by atoms with Crippen molar-refractivity contribution >= 4 is 29.1 Å². The van der Waals surface area contributed by atoms with E-state index < -0.39 is 11.7 Å². The number of carbonyl (C=O) groups excluding carboxylic acids is 1. The molecule has 34 heavy (non-hydrogen) atoms. The number of aromatic nitrogens is 8. The second-order valence-corrected chi connectivity index (χ2v) is 7.97. The zero-order valence-corrected chi connectivity index (χ0v) is 19.0. The number of hydrogen-bond donors (Lipinski definition) is 1. The van der Waals surface area contributed by atoms with Crippen molar-refractivity contribution in [1.82, 2.24) is 39.1 Å². The average molecular weight is 480 g/mol. The molecule has 1 N–H and O–H groups in total. The highest BCUT2D eigenvalue weighted by molar-refractivity contribution is 6.31. The van der Waals surface area contributed by atoms with Crippen LogP contribution in [0.25, 0.3) is 16.9 Å². The minimum atomic E-state index is -0.446. The van der Waals surface area contributed by atoms with Crippen LogP contribution >= 0.6 is 11.6 Å². The normalized spacial score (nSPS) is 11.3. The van der Waals surface area contributed by atoms with Crippen molar-refractivity contribution in [3.63, 3.8) is 0 Å². The molecule has 0 atom stereocenters. The fourth-order valence-electron chi connectivity index (χ4n) is 3.61. The van der Waals surface area contributed by atoms with Crippen LogP contribution in [0.5, 0.6) is 0 Å². The summed E-state index contributed by atoms with van der Waals surface area (Å²) in [5.41, 5.74) is 3.89. The van der Waals surface area contributed by atoms with Crippen molar-refractivity contribution in [2.75, 3.05) is 5.32 Å². The number of hydrogen-bond acceptors (Lipinski definition) is 6. The summed E-state index contributed by atoms with van der Waals surface area (Å²) in [5, 5.41) is 16.1. The summed E-state index contributed by atoms with van der Waals surface area (Å²) in [6.07, 6.45) is 6.48. The number of amides is 1. The number of rotatable bonds is 6. The third-order valence-electron chi connectivity index (χ3n) is 5.30. The van der Waals surface area contributed by atoms with E-state index in [0.29, 0.717) is 11.2 Å². The van der Waals surface area contributed by atoms with Crippen LogP contribution in [0.3, 0.4) is 0 Å². The van der Waals surface area contributed by atoms with Gasteiger partial charge in [-0.15, -0.1) is 5.10 Å². The molecule has 0 saturated carbocycles. The van der Waals surface area contributed by atoms with Crippen molar-refractivity contribution in [2.45, 2.75) is 26.9 Å². The van der Waals surface area contributed by atoms with Crippen LogP contribution in [-0.4, -0.2) is 45.1 Å². The van der Waals surface area contributed by atoms with Crippen molar-refractivity contribution < 1.29 is 9.18 Å². The molecule has 0 aliphatic rings. The number of anilines is 1. The molecule has 5 rings (SSSR count). The molecular formula is C22H19ClFN9O. The van der Waals surface area contributed by atoms with Crippen LogP contribution in [-0.2, 0) is 13.1 Å². The summed E-state index contributed by atoms with van der Waals surface area (Å²) in [5.74, 6) is -0.753. The molecule has 0 bridgehead atoms. The molecule has 12 heteroatoms.